The fourth-order valence-electron chi connectivity index (χ4n) is 5.58. The number of hydrogen-bond acceptors (Lipinski definition) is 8. The first-order chi connectivity index (χ1) is 17.6. The molecule has 0 aliphatic heterocycles. The topological polar surface area (TPSA) is 167 Å². The Morgan fingerprint density at radius 3 is 2.57 bits per heavy atom. The molecule has 2 aromatic rings. The predicted molar refractivity (Wildman–Crippen MR) is 130 cm³/mol. The number of amides is 1. The molecule has 3 atom stereocenters. The molecular formula is C28H23NO8. The lowest BCUT2D eigenvalue weighted by Crippen LogP contribution is -2.58. The van der Waals surface area contributed by atoms with E-state index in [1.54, 1.807) is 37.4 Å². The number of rotatable bonds is 2. The van der Waals surface area contributed by atoms with Crippen LogP contribution >= 0.6 is 0 Å². The van der Waals surface area contributed by atoms with Crippen molar-refractivity contribution in [3.63, 3.8) is 0 Å². The first-order valence-electron chi connectivity index (χ1n) is 11.6. The Balaban J connectivity index is 1.63. The standard InChI is InChI=1S/C28H23NO8/c1-37-17-4-2-3-13(9-17)5-6-14-7-8-19(30)22-18(14)11-15-10-16-12-20(31)23(27(29)35)26(34)28(16,36)25(33)21(15)24(22)32/h2-4,7-9,15-16,30,32,34,36H,10-12H2,1H3,(H2,29,35). The maximum Gasteiger partial charge on any atom is 0.255 e. The van der Waals surface area contributed by atoms with Gasteiger partial charge >= 0.3 is 0 Å². The van der Waals surface area contributed by atoms with Crippen molar-refractivity contribution in [3.05, 3.63) is 75.6 Å². The summed E-state index contributed by atoms with van der Waals surface area (Å²) >= 11 is 0. The van der Waals surface area contributed by atoms with Crippen LogP contribution in [0.4, 0.5) is 0 Å². The summed E-state index contributed by atoms with van der Waals surface area (Å²) < 4.78 is 5.22. The van der Waals surface area contributed by atoms with Gasteiger partial charge in [0.15, 0.2) is 11.4 Å². The maximum atomic E-state index is 13.5. The normalized spacial score (nSPS) is 24.5. The van der Waals surface area contributed by atoms with Crippen molar-refractivity contribution in [1.82, 2.24) is 0 Å². The van der Waals surface area contributed by atoms with Crippen molar-refractivity contribution in [3.8, 4) is 23.3 Å². The average Bonchev–Trinajstić information content (AvgIpc) is 2.85. The van der Waals surface area contributed by atoms with E-state index in [2.05, 4.69) is 11.8 Å². The van der Waals surface area contributed by atoms with Crippen molar-refractivity contribution in [2.75, 3.05) is 7.11 Å². The van der Waals surface area contributed by atoms with Crippen LogP contribution in [0.3, 0.4) is 0 Å². The van der Waals surface area contributed by atoms with Gasteiger partial charge in [-0.25, -0.2) is 0 Å². The van der Waals surface area contributed by atoms with Crippen molar-refractivity contribution in [2.24, 2.45) is 17.6 Å². The zero-order valence-corrected chi connectivity index (χ0v) is 19.7. The van der Waals surface area contributed by atoms with E-state index in [0.29, 0.717) is 22.4 Å². The Hall–Kier alpha value is -4.55. The second-order valence-electron chi connectivity index (χ2n) is 9.37. The van der Waals surface area contributed by atoms with Gasteiger partial charge in [-0.1, -0.05) is 17.9 Å². The molecule has 0 radical (unpaired) electrons. The van der Waals surface area contributed by atoms with E-state index in [9.17, 15) is 34.8 Å². The second kappa shape index (κ2) is 8.54. The number of aliphatic hydroxyl groups is 3. The number of ether oxygens (including phenoxy) is 1. The summed E-state index contributed by atoms with van der Waals surface area (Å²) in [6, 6.07) is 10.1. The molecule has 2 aromatic carbocycles. The number of primary amides is 1. The Kier molecular flexibility index (Phi) is 5.57. The highest BCUT2D eigenvalue weighted by molar-refractivity contribution is 6.22. The molecular weight excluding hydrogens is 478 g/mol. The third-order valence-electron chi connectivity index (χ3n) is 7.36. The Morgan fingerprint density at radius 1 is 1.11 bits per heavy atom. The number of fused-ring (bicyclic) bond motifs is 3. The van der Waals surface area contributed by atoms with Crippen molar-refractivity contribution >= 4 is 23.2 Å². The summed E-state index contributed by atoms with van der Waals surface area (Å²) in [6.45, 7) is 0. The summed E-state index contributed by atoms with van der Waals surface area (Å²) in [7, 11) is 1.55. The molecule has 1 saturated carbocycles. The number of phenols is 1. The minimum Gasteiger partial charge on any atom is -0.508 e. The van der Waals surface area contributed by atoms with E-state index in [1.807, 2.05) is 0 Å². The van der Waals surface area contributed by atoms with Crippen LogP contribution in [0.15, 0.2) is 53.3 Å². The highest BCUT2D eigenvalue weighted by Crippen LogP contribution is 2.52. The Bertz CT molecular complexity index is 1520. The number of nitrogens with two attached hydrogens (primary N) is 1. The zero-order chi connectivity index (χ0) is 26.6. The summed E-state index contributed by atoms with van der Waals surface area (Å²) in [5.41, 5.74) is 3.33. The molecule has 9 nitrogen and oxygen atoms in total. The van der Waals surface area contributed by atoms with Crippen LogP contribution in [0.25, 0.3) is 5.76 Å². The Morgan fingerprint density at radius 2 is 1.86 bits per heavy atom. The molecule has 6 N–H and O–H groups in total. The largest absolute Gasteiger partial charge is 0.508 e. The van der Waals surface area contributed by atoms with Crippen LogP contribution in [0.5, 0.6) is 11.5 Å². The number of aromatic hydroxyl groups is 1. The smallest absolute Gasteiger partial charge is 0.255 e. The second-order valence-corrected chi connectivity index (χ2v) is 9.37. The van der Waals surface area contributed by atoms with Gasteiger partial charge in [0, 0.05) is 29.0 Å². The fourth-order valence-corrected chi connectivity index (χ4v) is 5.58. The number of ketones is 2. The number of aliphatic hydroxyl groups excluding tert-OH is 2. The maximum absolute atomic E-state index is 13.5. The van der Waals surface area contributed by atoms with Gasteiger partial charge in [-0.2, -0.15) is 0 Å². The lowest BCUT2D eigenvalue weighted by Gasteiger charge is -2.46. The monoisotopic (exact) mass is 501 g/mol. The van der Waals surface area contributed by atoms with Crippen LogP contribution < -0.4 is 10.5 Å². The predicted octanol–water partition coefficient (Wildman–Crippen LogP) is 1.83. The number of Topliss-reactive ketones (excluding diaryl/α,β-unsaturated/α-hetero) is 2. The molecule has 9 heteroatoms. The summed E-state index contributed by atoms with van der Waals surface area (Å²) in [6.07, 6.45) is -0.128. The van der Waals surface area contributed by atoms with Gasteiger partial charge in [0.25, 0.3) is 5.91 Å². The summed E-state index contributed by atoms with van der Waals surface area (Å²) in [4.78, 5) is 37.8. The quantitative estimate of drug-likeness (QED) is 0.307. The van der Waals surface area contributed by atoms with Gasteiger partial charge in [-0.15, -0.1) is 0 Å². The van der Waals surface area contributed by atoms with Crippen molar-refractivity contribution in [2.45, 2.75) is 24.9 Å². The van der Waals surface area contributed by atoms with Crippen molar-refractivity contribution < 1.29 is 39.5 Å². The molecule has 0 saturated heterocycles. The van der Waals surface area contributed by atoms with Crippen molar-refractivity contribution in [1.29, 1.82) is 0 Å². The fraction of sp³-hybridized carbons (Fsp3) is 0.250. The van der Waals surface area contributed by atoms with Gasteiger partial charge < -0.3 is 30.9 Å². The minimum absolute atomic E-state index is 0.00423. The summed E-state index contributed by atoms with van der Waals surface area (Å²) in [5, 5.41) is 43.7. The van der Waals surface area contributed by atoms with Gasteiger partial charge in [0.1, 0.15) is 28.6 Å². The number of benzene rings is 2. The minimum atomic E-state index is -2.59. The number of phenolic OH excluding ortho intramolecular Hbond substituents is 1. The molecule has 188 valence electrons. The van der Waals surface area contributed by atoms with E-state index >= 15 is 0 Å². The van der Waals surface area contributed by atoms with Crippen LogP contribution in [0.1, 0.15) is 35.1 Å². The van der Waals surface area contributed by atoms with E-state index in [-0.39, 0.29) is 36.1 Å². The van der Waals surface area contributed by atoms with E-state index in [1.165, 1.54) is 6.07 Å². The third-order valence-corrected chi connectivity index (χ3v) is 7.36. The van der Waals surface area contributed by atoms with E-state index < -0.39 is 52.0 Å². The molecule has 1 amide bonds. The average molecular weight is 501 g/mol. The Labute approximate surface area is 211 Å². The van der Waals surface area contributed by atoms with Gasteiger partial charge in [0.05, 0.1) is 12.7 Å². The van der Waals surface area contributed by atoms with Gasteiger partial charge in [-0.3, -0.25) is 14.4 Å². The molecule has 0 spiro atoms. The first kappa shape index (κ1) is 24.2. The molecule has 3 aliphatic carbocycles. The first-order valence-corrected chi connectivity index (χ1v) is 11.6. The van der Waals surface area contributed by atoms with Gasteiger partial charge in [0.2, 0.25) is 5.78 Å². The van der Waals surface area contributed by atoms with Crippen LogP contribution in [-0.2, 0) is 20.8 Å². The number of carbonyl (C=O) groups excluding carboxylic acids is 3. The molecule has 1 fully saturated rings. The molecule has 37 heavy (non-hydrogen) atoms. The SMILES string of the molecule is COc1cccc(C#Cc2ccc(O)c3c2CC2CC4CC(=O)C(C(N)=O)=C(O)C4(O)C(=O)C2=C3O)c1. The number of carbonyl (C=O) groups is 3. The van der Waals surface area contributed by atoms with Crippen LogP contribution in [0, 0.1) is 23.7 Å². The number of methoxy groups -OCH3 is 1. The lowest BCUT2D eigenvalue weighted by molar-refractivity contribution is -0.147. The molecule has 0 aromatic heterocycles. The molecule has 0 bridgehead atoms. The highest BCUT2D eigenvalue weighted by atomic mass is 16.5. The number of hydrogen-bond donors (Lipinski definition) is 5. The van der Waals surface area contributed by atoms with Crippen LogP contribution in [0.2, 0.25) is 0 Å². The molecule has 0 heterocycles. The summed E-state index contributed by atoms with van der Waals surface area (Å²) in [5.74, 6) is 0.0898. The highest BCUT2D eigenvalue weighted by Gasteiger charge is 2.60. The van der Waals surface area contributed by atoms with Gasteiger partial charge in [-0.05, 0) is 54.7 Å². The lowest BCUT2D eigenvalue weighted by atomic mass is 9.59. The third kappa shape index (κ3) is 3.57. The zero-order valence-electron chi connectivity index (χ0n) is 19.7. The van der Waals surface area contributed by atoms with E-state index in [4.69, 9.17) is 10.5 Å². The van der Waals surface area contributed by atoms with E-state index in [0.717, 1.165) is 0 Å². The van der Waals surface area contributed by atoms with Crippen LogP contribution in [-0.4, -0.2) is 50.6 Å². The molecule has 3 unspecified atom stereocenters. The molecule has 3 aliphatic rings. The molecule has 5 rings (SSSR count).